The molecule has 7 aromatic rings. The van der Waals surface area contributed by atoms with E-state index < -0.39 is 312 Å². The van der Waals surface area contributed by atoms with E-state index in [2.05, 4.69) is 77.8 Å². The van der Waals surface area contributed by atoms with E-state index in [9.17, 15) is 158 Å². The number of hydrogen-bond donors (Lipinski definition) is 0. The molecule has 2 aliphatic rings. The number of nitrogens with zero attached hydrogens (tertiary/aromatic N) is 8. The largest absolute Gasteiger partial charge is 2.00 e. The molecule has 9 rings (SSSR count). The summed E-state index contributed by atoms with van der Waals surface area (Å²) >= 11 is 0. The summed E-state index contributed by atoms with van der Waals surface area (Å²) in [6, 6.07) is 3.36. The first-order valence-electron chi connectivity index (χ1n) is 28.9. The molecule has 0 saturated carbocycles. The maximum Gasteiger partial charge on any atom is 2.00 e. The van der Waals surface area contributed by atoms with Crippen molar-refractivity contribution in [3.63, 3.8) is 0 Å². The van der Waals surface area contributed by atoms with Crippen LogP contribution in [0.2, 0.25) is 0 Å². The van der Waals surface area contributed by atoms with Crippen molar-refractivity contribution in [2.75, 3.05) is 79.3 Å². The molecule has 0 spiro atoms. The van der Waals surface area contributed by atoms with Gasteiger partial charge < -0.3 is 86.7 Å². The van der Waals surface area contributed by atoms with E-state index in [1.807, 2.05) is 0 Å². The first-order valence-corrected chi connectivity index (χ1v) is 28.9. The molecule has 0 aliphatic carbocycles. The third-order valence-electron chi connectivity index (χ3n) is 13.0. The van der Waals surface area contributed by atoms with Crippen LogP contribution in [0.15, 0.2) is 24.3 Å². The Balaban J connectivity index is 0.0000160. The molecule has 113 heavy (non-hydrogen) atoms. The van der Waals surface area contributed by atoms with Crippen LogP contribution in [0.3, 0.4) is 0 Å². The van der Waals surface area contributed by atoms with Gasteiger partial charge >= 0.3 is 92.7 Å². The van der Waals surface area contributed by atoms with E-state index >= 15 is 0 Å². The monoisotopic (exact) mass is 1740 g/mol. The Bertz CT molecular complexity index is 4530. The van der Waals surface area contributed by atoms with E-state index in [0.29, 0.717) is 0 Å². The summed E-state index contributed by atoms with van der Waals surface area (Å²) in [6.07, 6.45) is -71.7. The first kappa shape index (κ1) is 88.5. The van der Waals surface area contributed by atoms with Gasteiger partial charge in [0.15, 0.2) is 114 Å². The number of benzene rings is 4. The zero-order chi connectivity index (χ0) is 83.6. The van der Waals surface area contributed by atoms with Gasteiger partial charge in [-0.25, -0.2) is 9.97 Å². The number of aromatic nitrogens is 8. The van der Waals surface area contributed by atoms with Gasteiger partial charge in [0.25, 0.3) is 0 Å². The Hall–Kier alpha value is -10.1. The Kier molecular flexibility index (Phi) is 24.5. The molecule has 0 amide bonds. The van der Waals surface area contributed by atoms with E-state index in [4.69, 9.17) is 18.9 Å². The van der Waals surface area contributed by atoms with Crippen molar-refractivity contribution in [2.45, 2.75) is 74.1 Å². The third-order valence-corrected chi connectivity index (χ3v) is 13.0. The molecule has 3 aromatic heterocycles. The minimum Gasteiger partial charge on any atom is -0.479 e. The van der Waals surface area contributed by atoms with Crippen molar-refractivity contribution in [2.24, 2.45) is 0 Å². The number of halogens is 36. The molecule has 20 nitrogen and oxygen atoms in total. The molecule has 0 saturated heterocycles. The first-order chi connectivity index (χ1) is 51.0. The van der Waals surface area contributed by atoms with Crippen LogP contribution < -0.4 is 66.8 Å². The fraction of sp³-hybridized carbons (Fsp3) is 0.429. The summed E-state index contributed by atoms with van der Waals surface area (Å²) in [6.45, 7) is -36.9. The van der Waals surface area contributed by atoms with Crippen molar-refractivity contribution in [3.05, 3.63) is 24.3 Å². The standard InChI is InChI=1S/C56H28F36N8O12.V/c57-45(58,59)5-101-25-19-21(27(103-7-47(63,64)65)33(109-13-53(81,82)83)31(25)107-11-51(75,76)77)41-96-39(19)94-37-17-3-1-2-4-18(17)38(93-37)95-40-20-22(28(104-8-48(66,67)68)34(110-14-54(84,85)86)32(108-12-52(78,79)80)26(20)102-6-46(60,61)62)42(97-40)99-44-24-23(43(98-41)100-44)29(105-9-49(69,70)71)35(111-15-55(87,88)89)36(112-16-56(90,91)92)30(24)106-10-50(72,73)74;/h1-4H,5-16H2;/q-2;+2. The van der Waals surface area contributed by atoms with Crippen molar-refractivity contribution >= 4 is 44.1 Å². The fourth-order valence-electron chi connectivity index (χ4n) is 9.51. The van der Waals surface area contributed by atoms with Crippen molar-refractivity contribution < 1.29 is 233 Å². The van der Waals surface area contributed by atoms with Crippen LogP contribution in [-0.2, 0) is 18.6 Å². The van der Waals surface area contributed by atoms with Crippen LogP contribution in [0, 0.1) is 0 Å². The molecule has 4 aromatic carbocycles. The van der Waals surface area contributed by atoms with Crippen LogP contribution in [0.5, 0.6) is 69.0 Å². The molecule has 1 radical (unpaired) electrons. The molecule has 0 N–H and O–H groups in total. The van der Waals surface area contributed by atoms with Crippen LogP contribution in [0.4, 0.5) is 158 Å². The third kappa shape index (κ3) is 23.3. The van der Waals surface area contributed by atoms with Crippen LogP contribution >= 0.6 is 0 Å². The van der Waals surface area contributed by atoms with Gasteiger partial charge in [0.05, 0.1) is 45.6 Å². The molecular weight excluding hydrogens is 1710 g/mol. The zero-order valence-electron chi connectivity index (χ0n) is 53.3. The molecular formula is C56H28F36N8O12V. The predicted molar refractivity (Wildman–Crippen MR) is 293 cm³/mol. The average Bonchev–Trinajstić information content (AvgIpc) is 1.60. The van der Waals surface area contributed by atoms with Gasteiger partial charge in [0, 0.05) is 33.4 Å². The SMILES string of the molecule is FC(F)(F)COc1c(OCC(F)(F)F)c(OCC(F)(F)F)c2c(c1OCC(F)(F)F)-c1nc-2nc2[n-]c(nc3nc(nc4[n-]c(n1)c1ccccc41)-c1c(OCC(F)(F)F)c(OCC(F)(F)F)c(OCC(F)(F)F)c(OCC(F)(F)F)c1-3)c1c(OCC(F)(F)F)c(OCC(F)(F)F)c(OCC(F)(F)F)c(OCC(F)(F)F)c21.[V+2]. The number of hydrogen-bond acceptors (Lipinski definition) is 18. The molecule has 621 valence electrons. The number of alkyl halides is 36. The Morgan fingerprint density at radius 3 is 0.540 bits per heavy atom. The maximum atomic E-state index is 14.6. The molecule has 8 bridgehead atoms. The van der Waals surface area contributed by atoms with Gasteiger partial charge in [-0.3, -0.25) is 0 Å². The van der Waals surface area contributed by atoms with Crippen molar-refractivity contribution in [1.29, 1.82) is 0 Å². The smallest absolute Gasteiger partial charge is 0.479 e. The normalized spacial score (nSPS) is 13.5. The summed E-state index contributed by atoms with van der Waals surface area (Å²) in [5.74, 6) is -36.9. The Labute approximate surface area is 608 Å². The van der Waals surface area contributed by atoms with Gasteiger partial charge in [-0.05, 0) is 10.8 Å². The molecule has 57 heteroatoms. The summed E-state index contributed by atoms with van der Waals surface area (Å²) < 4.78 is 575. The van der Waals surface area contributed by atoms with Crippen LogP contribution in [-0.4, -0.2) is 183 Å². The second kappa shape index (κ2) is 31.4. The Morgan fingerprint density at radius 2 is 0.354 bits per heavy atom. The van der Waals surface area contributed by atoms with Gasteiger partial charge in [0.2, 0.25) is 34.5 Å². The second-order valence-corrected chi connectivity index (χ2v) is 22.1. The topological polar surface area (TPSA) is 216 Å². The van der Waals surface area contributed by atoms with E-state index in [-0.39, 0.29) is 18.6 Å². The number of rotatable bonds is 24. The minimum absolute atomic E-state index is 0. The van der Waals surface area contributed by atoms with Crippen molar-refractivity contribution in [1.82, 2.24) is 39.9 Å². The predicted octanol–water partition coefficient (Wildman–Crippen LogP) is 17.4. The van der Waals surface area contributed by atoms with E-state index in [1.54, 1.807) is 0 Å². The molecule has 0 unspecified atom stereocenters. The van der Waals surface area contributed by atoms with E-state index in [0.717, 1.165) is 24.3 Å². The zero-order valence-corrected chi connectivity index (χ0v) is 54.7. The molecule has 0 fully saturated rings. The Morgan fingerprint density at radius 1 is 0.204 bits per heavy atom. The summed E-state index contributed by atoms with van der Waals surface area (Å²) in [5.41, 5.74) is -15.0. The van der Waals surface area contributed by atoms with Gasteiger partial charge in [-0.1, -0.05) is 24.3 Å². The summed E-state index contributed by atoms with van der Waals surface area (Å²) in [5, 5.41) is -6.00. The average molecular weight is 1740 g/mol. The van der Waals surface area contributed by atoms with Crippen molar-refractivity contribution in [3.8, 4) is 115 Å². The van der Waals surface area contributed by atoms with Crippen LogP contribution in [0.1, 0.15) is 0 Å². The van der Waals surface area contributed by atoms with Gasteiger partial charge in [0.1, 0.15) is 0 Å². The van der Waals surface area contributed by atoms with Gasteiger partial charge in [-0.15, -0.1) is 0 Å². The number of ether oxygens (including phenoxy) is 12. The fourth-order valence-corrected chi connectivity index (χ4v) is 9.51. The summed E-state index contributed by atoms with van der Waals surface area (Å²) in [4.78, 5) is 30.1. The van der Waals surface area contributed by atoms with Gasteiger partial charge in [-0.2, -0.15) is 158 Å². The maximum absolute atomic E-state index is 14.6. The summed E-state index contributed by atoms with van der Waals surface area (Å²) in [7, 11) is 0. The van der Waals surface area contributed by atoms with Crippen LogP contribution in [0.25, 0.3) is 89.7 Å². The number of fused-ring (bicyclic) bond motifs is 20. The minimum atomic E-state index is -6.08. The quantitative estimate of drug-likeness (QED) is 0.0514. The second-order valence-electron chi connectivity index (χ2n) is 22.1. The molecule has 5 heterocycles. The van der Waals surface area contributed by atoms with E-state index in [1.165, 1.54) is 0 Å². The molecule has 2 aliphatic heterocycles. The molecule has 0 atom stereocenters.